The normalized spacial score (nSPS) is 19.2. The summed E-state index contributed by atoms with van der Waals surface area (Å²) in [6, 6.07) is 13.2. The number of halogens is 1. The van der Waals surface area contributed by atoms with Gasteiger partial charge in [-0.3, -0.25) is 0 Å². The van der Waals surface area contributed by atoms with Crippen molar-refractivity contribution in [2.75, 3.05) is 7.11 Å². The van der Waals surface area contributed by atoms with Gasteiger partial charge >= 0.3 is 0 Å². The van der Waals surface area contributed by atoms with Crippen molar-refractivity contribution in [3.63, 3.8) is 0 Å². The zero-order chi connectivity index (χ0) is 16.5. The van der Waals surface area contributed by atoms with E-state index in [4.69, 9.17) is 4.74 Å². The van der Waals surface area contributed by atoms with Crippen LogP contribution in [0.1, 0.15) is 40.6 Å². The van der Waals surface area contributed by atoms with Gasteiger partial charge in [-0.2, -0.15) is 0 Å². The first kappa shape index (κ1) is 14.9. The van der Waals surface area contributed by atoms with Crippen molar-refractivity contribution >= 4 is 0 Å². The number of methoxy groups -OCH3 is 1. The van der Waals surface area contributed by atoms with E-state index < -0.39 is 0 Å². The maximum atomic E-state index is 13.3. The third kappa shape index (κ3) is 2.68. The number of aromatic nitrogens is 2. The van der Waals surface area contributed by atoms with Gasteiger partial charge in [-0.25, -0.2) is 9.37 Å². The third-order valence-corrected chi connectivity index (χ3v) is 4.91. The summed E-state index contributed by atoms with van der Waals surface area (Å²) in [4.78, 5) is 7.39. The molecule has 0 amide bonds. The van der Waals surface area contributed by atoms with Crippen LogP contribution < -0.4 is 4.74 Å². The van der Waals surface area contributed by atoms with E-state index >= 15 is 0 Å². The van der Waals surface area contributed by atoms with Crippen molar-refractivity contribution in [1.29, 1.82) is 0 Å². The summed E-state index contributed by atoms with van der Waals surface area (Å²) < 4.78 is 18.7. The highest BCUT2D eigenvalue weighted by Gasteiger charge is 2.32. The number of fused-ring (bicyclic) bond motifs is 1. The number of nitrogens with zero attached hydrogens (tertiary/aromatic N) is 1. The molecule has 2 atom stereocenters. The minimum atomic E-state index is -0.195. The Morgan fingerprint density at radius 1 is 1.17 bits per heavy atom. The molecule has 1 aliphatic rings. The molecule has 1 aromatic heterocycles. The standard InChI is InChI=1S/C20H19FN2O/c1-24-17-6-7-18-19(13-2-4-15(21)5-3-13)9-14(20(18)10-17)8-16-11-22-12-23-16/h2-7,10-12,14,19H,8-9H2,1H3,(H,22,23). The first-order valence-electron chi connectivity index (χ1n) is 8.15. The highest BCUT2D eigenvalue weighted by Crippen LogP contribution is 2.47. The Labute approximate surface area is 140 Å². The Balaban J connectivity index is 1.72. The molecule has 0 saturated heterocycles. The van der Waals surface area contributed by atoms with Crippen molar-refractivity contribution in [2.24, 2.45) is 0 Å². The number of rotatable bonds is 4. The van der Waals surface area contributed by atoms with E-state index in [2.05, 4.69) is 22.1 Å². The van der Waals surface area contributed by atoms with Gasteiger partial charge < -0.3 is 9.72 Å². The van der Waals surface area contributed by atoms with Crippen LogP contribution in [0.2, 0.25) is 0 Å². The van der Waals surface area contributed by atoms with Crippen LogP contribution in [0.5, 0.6) is 5.75 Å². The highest BCUT2D eigenvalue weighted by molar-refractivity contribution is 5.48. The summed E-state index contributed by atoms with van der Waals surface area (Å²) in [5.41, 5.74) is 4.84. The second kappa shape index (κ2) is 6.11. The fourth-order valence-electron chi connectivity index (χ4n) is 3.75. The summed E-state index contributed by atoms with van der Waals surface area (Å²) >= 11 is 0. The topological polar surface area (TPSA) is 37.9 Å². The van der Waals surface area contributed by atoms with Gasteiger partial charge in [0.05, 0.1) is 19.1 Å². The number of benzene rings is 2. The molecule has 0 saturated carbocycles. The Morgan fingerprint density at radius 2 is 2.00 bits per heavy atom. The molecule has 1 heterocycles. The van der Waals surface area contributed by atoms with E-state index in [1.807, 2.05) is 24.4 Å². The van der Waals surface area contributed by atoms with Gasteiger partial charge in [0.15, 0.2) is 0 Å². The Hall–Kier alpha value is -2.62. The molecule has 3 aromatic rings. The van der Waals surface area contributed by atoms with Gasteiger partial charge in [-0.15, -0.1) is 0 Å². The summed E-state index contributed by atoms with van der Waals surface area (Å²) in [6.45, 7) is 0. The second-order valence-corrected chi connectivity index (χ2v) is 6.30. The maximum absolute atomic E-state index is 13.3. The van der Waals surface area contributed by atoms with Crippen molar-refractivity contribution in [2.45, 2.75) is 24.7 Å². The van der Waals surface area contributed by atoms with Crippen LogP contribution in [0, 0.1) is 5.82 Å². The van der Waals surface area contributed by atoms with E-state index in [0.29, 0.717) is 5.92 Å². The first-order chi connectivity index (χ1) is 11.7. The fraction of sp³-hybridized carbons (Fsp3) is 0.250. The zero-order valence-electron chi connectivity index (χ0n) is 13.5. The third-order valence-electron chi connectivity index (χ3n) is 4.91. The first-order valence-corrected chi connectivity index (χ1v) is 8.15. The number of imidazole rings is 1. The number of hydrogen-bond donors (Lipinski definition) is 1. The summed E-state index contributed by atoms with van der Waals surface area (Å²) in [5, 5.41) is 0. The van der Waals surface area contributed by atoms with Gasteiger partial charge in [0.25, 0.3) is 0 Å². The number of nitrogens with one attached hydrogen (secondary N) is 1. The molecule has 1 aliphatic carbocycles. The predicted octanol–water partition coefficient (Wildman–Crippen LogP) is 4.42. The van der Waals surface area contributed by atoms with Crippen LogP contribution in [0.3, 0.4) is 0 Å². The summed E-state index contributed by atoms with van der Waals surface area (Å²) in [6.07, 6.45) is 5.56. The maximum Gasteiger partial charge on any atom is 0.123 e. The van der Waals surface area contributed by atoms with Crippen LogP contribution in [0.15, 0.2) is 55.0 Å². The molecular weight excluding hydrogens is 303 g/mol. The van der Waals surface area contributed by atoms with Gasteiger partial charge in [-0.1, -0.05) is 18.2 Å². The van der Waals surface area contributed by atoms with Crippen LogP contribution in [-0.2, 0) is 6.42 Å². The van der Waals surface area contributed by atoms with E-state index in [1.54, 1.807) is 25.6 Å². The minimum Gasteiger partial charge on any atom is -0.497 e. The lowest BCUT2D eigenvalue weighted by Gasteiger charge is -2.12. The summed E-state index contributed by atoms with van der Waals surface area (Å²) in [5.74, 6) is 1.35. The lowest BCUT2D eigenvalue weighted by atomic mass is 9.92. The smallest absolute Gasteiger partial charge is 0.123 e. The quantitative estimate of drug-likeness (QED) is 0.772. The number of aromatic amines is 1. The largest absolute Gasteiger partial charge is 0.497 e. The van der Waals surface area contributed by atoms with Gasteiger partial charge in [-0.05, 0) is 59.7 Å². The number of H-pyrrole nitrogens is 1. The molecule has 4 heteroatoms. The molecule has 2 aromatic carbocycles. The van der Waals surface area contributed by atoms with Crippen LogP contribution in [0.25, 0.3) is 0 Å². The van der Waals surface area contributed by atoms with Crippen LogP contribution >= 0.6 is 0 Å². The van der Waals surface area contributed by atoms with Crippen molar-refractivity contribution < 1.29 is 9.13 Å². The minimum absolute atomic E-state index is 0.195. The van der Waals surface area contributed by atoms with Gasteiger partial charge in [0.1, 0.15) is 11.6 Å². The SMILES string of the molecule is COc1ccc2c(c1)C(Cc1c[nH]cn1)CC2c1ccc(F)cc1. The molecular formula is C20H19FN2O. The van der Waals surface area contributed by atoms with E-state index in [-0.39, 0.29) is 11.7 Å². The van der Waals surface area contributed by atoms with E-state index in [1.165, 1.54) is 11.1 Å². The van der Waals surface area contributed by atoms with Crippen molar-refractivity contribution in [3.8, 4) is 5.75 Å². The Kier molecular flexibility index (Phi) is 3.81. The molecule has 0 fully saturated rings. The van der Waals surface area contributed by atoms with Crippen molar-refractivity contribution in [1.82, 2.24) is 9.97 Å². The van der Waals surface area contributed by atoms with Crippen LogP contribution in [0.4, 0.5) is 4.39 Å². The molecule has 2 unspecified atom stereocenters. The predicted molar refractivity (Wildman–Crippen MR) is 90.9 cm³/mol. The Bertz CT molecular complexity index is 827. The molecule has 0 aliphatic heterocycles. The molecule has 0 spiro atoms. The summed E-state index contributed by atoms with van der Waals surface area (Å²) in [7, 11) is 1.69. The molecule has 122 valence electrons. The van der Waals surface area contributed by atoms with Crippen molar-refractivity contribution in [3.05, 3.63) is 83.2 Å². The molecule has 24 heavy (non-hydrogen) atoms. The molecule has 0 radical (unpaired) electrons. The van der Waals surface area contributed by atoms with E-state index in [0.717, 1.165) is 29.8 Å². The number of ether oxygens (including phenoxy) is 1. The van der Waals surface area contributed by atoms with Gasteiger partial charge in [0.2, 0.25) is 0 Å². The molecule has 1 N–H and O–H groups in total. The van der Waals surface area contributed by atoms with Gasteiger partial charge in [0, 0.05) is 12.1 Å². The average Bonchev–Trinajstić information content (AvgIpc) is 3.24. The zero-order valence-corrected chi connectivity index (χ0v) is 13.5. The fourth-order valence-corrected chi connectivity index (χ4v) is 3.75. The van der Waals surface area contributed by atoms with E-state index in [9.17, 15) is 4.39 Å². The highest BCUT2D eigenvalue weighted by atomic mass is 19.1. The molecule has 3 nitrogen and oxygen atoms in total. The number of hydrogen-bond acceptors (Lipinski definition) is 2. The lowest BCUT2D eigenvalue weighted by Crippen LogP contribution is -2.00. The lowest BCUT2D eigenvalue weighted by molar-refractivity contribution is 0.414. The van der Waals surface area contributed by atoms with Crippen LogP contribution in [-0.4, -0.2) is 17.1 Å². The average molecular weight is 322 g/mol. The monoisotopic (exact) mass is 322 g/mol. The molecule has 0 bridgehead atoms. The molecule has 4 rings (SSSR count). The second-order valence-electron chi connectivity index (χ2n) is 6.30. The Morgan fingerprint density at radius 3 is 2.71 bits per heavy atom.